The Kier molecular flexibility index (Phi) is 4.66. The van der Waals surface area contributed by atoms with Crippen molar-refractivity contribution in [1.29, 1.82) is 0 Å². The van der Waals surface area contributed by atoms with Gasteiger partial charge in [0.1, 0.15) is 5.78 Å². The molecule has 1 heterocycles. The SMILES string of the molecule is CCC1C(=O)CCC2(C)C(OC3CCCCO3)CCCC12C. The molecule has 0 spiro atoms. The molecule has 1 saturated heterocycles. The molecule has 126 valence electrons. The van der Waals surface area contributed by atoms with Gasteiger partial charge in [-0.3, -0.25) is 4.79 Å². The zero-order valence-electron chi connectivity index (χ0n) is 14.5. The van der Waals surface area contributed by atoms with Gasteiger partial charge in [-0.2, -0.15) is 0 Å². The zero-order chi connectivity index (χ0) is 15.8. The largest absolute Gasteiger partial charge is 0.353 e. The fraction of sp³-hybridized carbons (Fsp3) is 0.947. The average Bonchev–Trinajstić information content (AvgIpc) is 2.51. The van der Waals surface area contributed by atoms with Crippen LogP contribution < -0.4 is 0 Å². The van der Waals surface area contributed by atoms with E-state index in [4.69, 9.17) is 9.47 Å². The maximum Gasteiger partial charge on any atom is 0.157 e. The normalized spacial score (nSPS) is 46.3. The molecule has 0 aromatic heterocycles. The number of carbonyl (C=O) groups is 1. The van der Waals surface area contributed by atoms with Crippen LogP contribution >= 0.6 is 0 Å². The van der Waals surface area contributed by atoms with Crippen LogP contribution in [-0.4, -0.2) is 24.8 Å². The van der Waals surface area contributed by atoms with Crippen LogP contribution in [0.3, 0.4) is 0 Å². The van der Waals surface area contributed by atoms with E-state index >= 15 is 0 Å². The van der Waals surface area contributed by atoms with Crippen molar-refractivity contribution in [1.82, 2.24) is 0 Å². The number of Topliss-reactive ketones (excluding diaryl/α,β-unsaturated/α-hetero) is 1. The second kappa shape index (κ2) is 6.24. The van der Waals surface area contributed by atoms with E-state index in [1.807, 2.05) is 0 Å². The zero-order valence-corrected chi connectivity index (χ0v) is 14.5. The Morgan fingerprint density at radius 3 is 2.64 bits per heavy atom. The third-order valence-corrected chi connectivity index (χ3v) is 7.09. The van der Waals surface area contributed by atoms with E-state index in [1.165, 1.54) is 19.3 Å². The average molecular weight is 308 g/mol. The maximum atomic E-state index is 12.5. The van der Waals surface area contributed by atoms with Crippen molar-refractivity contribution in [2.75, 3.05) is 6.61 Å². The topological polar surface area (TPSA) is 35.5 Å². The van der Waals surface area contributed by atoms with Gasteiger partial charge in [-0.25, -0.2) is 0 Å². The maximum absolute atomic E-state index is 12.5. The summed E-state index contributed by atoms with van der Waals surface area (Å²) in [5.41, 5.74) is 0.204. The van der Waals surface area contributed by atoms with Crippen molar-refractivity contribution in [2.45, 2.75) is 91.0 Å². The van der Waals surface area contributed by atoms with Crippen LogP contribution in [0.1, 0.15) is 78.6 Å². The van der Waals surface area contributed by atoms with Gasteiger partial charge in [-0.1, -0.05) is 27.2 Å². The summed E-state index contributed by atoms with van der Waals surface area (Å²) in [6.07, 6.45) is 9.77. The lowest BCUT2D eigenvalue weighted by atomic mass is 9.46. The minimum Gasteiger partial charge on any atom is -0.353 e. The Balaban J connectivity index is 1.81. The van der Waals surface area contributed by atoms with Gasteiger partial charge in [0.25, 0.3) is 0 Å². The lowest BCUT2D eigenvalue weighted by Crippen LogP contribution is -2.59. The number of ketones is 1. The van der Waals surface area contributed by atoms with Crippen LogP contribution in [0.2, 0.25) is 0 Å². The Hall–Kier alpha value is -0.410. The monoisotopic (exact) mass is 308 g/mol. The number of hydrogen-bond acceptors (Lipinski definition) is 3. The van der Waals surface area contributed by atoms with E-state index in [1.54, 1.807) is 0 Å². The molecule has 2 aliphatic carbocycles. The van der Waals surface area contributed by atoms with Gasteiger partial charge >= 0.3 is 0 Å². The van der Waals surface area contributed by atoms with Crippen LogP contribution in [0.4, 0.5) is 0 Å². The Labute approximate surface area is 135 Å². The van der Waals surface area contributed by atoms with Gasteiger partial charge in [0.15, 0.2) is 6.29 Å². The van der Waals surface area contributed by atoms with E-state index in [0.29, 0.717) is 5.78 Å². The molecule has 5 atom stereocenters. The summed E-state index contributed by atoms with van der Waals surface area (Å²) in [5.74, 6) is 0.696. The Bertz CT molecular complexity index is 415. The van der Waals surface area contributed by atoms with Crippen LogP contribution in [-0.2, 0) is 14.3 Å². The van der Waals surface area contributed by atoms with Gasteiger partial charge < -0.3 is 9.47 Å². The van der Waals surface area contributed by atoms with Crippen molar-refractivity contribution < 1.29 is 14.3 Å². The molecule has 22 heavy (non-hydrogen) atoms. The molecule has 3 nitrogen and oxygen atoms in total. The van der Waals surface area contributed by atoms with Crippen LogP contribution in [0.15, 0.2) is 0 Å². The molecule has 1 aliphatic heterocycles. The molecule has 0 N–H and O–H groups in total. The van der Waals surface area contributed by atoms with E-state index in [-0.39, 0.29) is 29.1 Å². The lowest BCUT2D eigenvalue weighted by Gasteiger charge is -2.60. The quantitative estimate of drug-likeness (QED) is 0.771. The fourth-order valence-electron chi connectivity index (χ4n) is 5.46. The molecule has 0 radical (unpaired) electrons. The summed E-state index contributed by atoms with van der Waals surface area (Å²) in [6, 6.07) is 0. The molecular formula is C19H32O3. The molecule has 0 amide bonds. The highest BCUT2D eigenvalue weighted by Crippen LogP contribution is 2.61. The van der Waals surface area contributed by atoms with Crippen molar-refractivity contribution in [3.05, 3.63) is 0 Å². The summed E-state index contributed by atoms with van der Waals surface area (Å²) in [4.78, 5) is 12.5. The minimum atomic E-state index is -0.0179. The molecule has 0 bridgehead atoms. The van der Waals surface area contributed by atoms with Crippen molar-refractivity contribution in [2.24, 2.45) is 16.7 Å². The number of carbonyl (C=O) groups excluding carboxylic acids is 1. The number of hydrogen-bond donors (Lipinski definition) is 0. The predicted molar refractivity (Wildman–Crippen MR) is 86.6 cm³/mol. The first-order valence-corrected chi connectivity index (χ1v) is 9.31. The van der Waals surface area contributed by atoms with E-state index in [0.717, 1.165) is 45.1 Å². The van der Waals surface area contributed by atoms with Crippen molar-refractivity contribution >= 4 is 5.78 Å². The molecular weight excluding hydrogens is 276 g/mol. The molecule has 3 rings (SSSR count). The van der Waals surface area contributed by atoms with Crippen LogP contribution in [0.25, 0.3) is 0 Å². The van der Waals surface area contributed by atoms with Crippen molar-refractivity contribution in [3.63, 3.8) is 0 Å². The van der Waals surface area contributed by atoms with Crippen LogP contribution in [0, 0.1) is 16.7 Å². The van der Waals surface area contributed by atoms with E-state index < -0.39 is 0 Å². The first-order valence-electron chi connectivity index (χ1n) is 9.31. The summed E-state index contributed by atoms with van der Waals surface area (Å²) >= 11 is 0. The predicted octanol–water partition coefficient (Wildman–Crippen LogP) is 4.48. The van der Waals surface area contributed by atoms with E-state index in [9.17, 15) is 4.79 Å². The first-order chi connectivity index (χ1) is 10.5. The smallest absolute Gasteiger partial charge is 0.157 e. The molecule has 3 heteroatoms. The molecule has 0 aromatic carbocycles. The highest BCUT2D eigenvalue weighted by atomic mass is 16.7. The van der Waals surface area contributed by atoms with Gasteiger partial charge in [0.05, 0.1) is 6.10 Å². The van der Waals surface area contributed by atoms with E-state index in [2.05, 4.69) is 20.8 Å². The first kappa shape index (κ1) is 16.4. The van der Waals surface area contributed by atoms with Crippen molar-refractivity contribution in [3.8, 4) is 0 Å². The second-order valence-electron chi connectivity index (χ2n) is 8.08. The minimum absolute atomic E-state index is 0.0179. The molecule has 5 unspecified atom stereocenters. The lowest BCUT2D eigenvalue weighted by molar-refractivity contribution is -0.248. The molecule has 3 aliphatic rings. The molecule has 3 fully saturated rings. The van der Waals surface area contributed by atoms with Gasteiger partial charge in [0, 0.05) is 24.4 Å². The third-order valence-electron chi connectivity index (χ3n) is 7.09. The third kappa shape index (κ3) is 2.54. The molecule has 0 aromatic rings. The Morgan fingerprint density at radius 1 is 1.14 bits per heavy atom. The highest BCUT2D eigenvalue weighted by Gasteiger charge is 2.59. The van der Waals surface area contributed by atoms with Gasteiger partial charge in [-0.15, -0.1) is 0 Å². The summed E-state index contributed by atoms with van der Waals surface area (Å²) in [7, 11) is 0. The summed E-state index contributed by atoms with van der Waals surface area (Å²) in [5, 5.41) is 0. The molecule has 2 saturated carbocycles. The highest BCUT2D eigenvalue weighted by molar-refractivity contribution is 5.83. The Morgan fingerprint density at radius 2 is 1.95 bits per heavy atom. The summed E-state index contributed by atoms with van der Waals surface area (Å²) in [6.45, 7) is 7.75. The second-order valence-corrected chi connectivity index (χ2v) is 8.08. The number of fused-ring (bicyclic) bond motifs is 1. The standard InChI is InChI=1S/C19H32O3/c1-4-14-15(20)10-12-19(3)16(8-7-11-18(14,19)2)22-17-9-5-6-13-21-17/h14,16-17H,4-13H2,1-3H3. The van der Waals surface area contributed by atoms with Gasteiger partial charge in [-0.05, 0) is 50.4 Å². The number of ether oxygens (including phenoxy) is 2. The summed E-state index contributed by atoms with van der Waals surface area (Å²) < 4.78 is 12.3. The number of rotatable bonds is 3. The fourth-order valence-corrected chi connectivity index (χ4v) is 5.46. The van der Waals surface area contributed by atoms with Crippen LogP contribution in [0.5, 0.6) is 0 Å². The van der Waals surface area contributed by atoms with Gasteiger partial charge in [0.2, 0.25) is 0 Å².